The minimum atomic E-state index is -1.18. The van der Waals surface area contributed by atoms with Crippen molar-refractivity contribution in [2.24, 2.45) is 0 Å². The van der Waals surface area contributed by atoms with Crippen molar-refractivity contribution in [2.45, 2.75) is 26.6 Å². The number of carbonyl (C=O) groups is 2. The van der Waals surface area contributed by atoms with Crippen molar-refractivity contribution in [1.29, 1.82) is 0 Å². The number of nitrogens with zero attached hydrogens (tertiary/aromatic N) is 1. The Morgan fingerprint density at radius 3 is 1.87 bits per heavy atom. The van der Waals surface area contributed by atoms with Crippen molar-refractivity contribution >= 4 is 11.9 Å². The first kappa shape index (κ1) is 11.6. The molecule has 1 aliphatic rings. The molecule has 0 amide bonds. The maximum atomic E-state index is 11.6. The van der Waals surface area contributed by atoms with Gasteiger partial charge < -0.3 is 14.4 Å². The van der Waals surface area contributed by atoms with Gasteiger partial charge in [0.25, 0.3) is 5.79 Å². The molecule has 0 atom stereocenters. The molecule has 0 N–H and O–H groups in total. The van der Waals surface area contributed by atoms with Crippen LogP contribution in [0.1, 0.15) is 20.8 Å². The fraction of sp³-hybridized carbons (Fsp3) is 0.600. The molecular formula is C10H15NO4. The predicted octanol–water partition coefficient (Wildman–Crippen LogP) is 0.658. The molecule has 0 bridgehead atoms. The van der Waals surface area contributed by atoms with Gasteiger partial charge in [0.2, 0.25) is 0 Å². The molecule has 1 aliphatic heterocycles. The van der Waals surface area contributed by atoms with Crippen molar-refractivity contribution in [2.75, 3.05) is 14.1 Å². The van der Waals surface area contributed by atoms with E-state index in [1.165, 1.54) is 13.8 Å². The summed E-state index contributed by atoms with van der Waals surface area (Å²) in [6.45, 7) is 4.70. The number of cyclic esters (lactones) is 2. The Morgan fingerprint density at radius 1 is 1.13 bits per heavy atom. The molecule has 1 rings (SSSR count). The Kier molecular flexibility index (Phi) is 2.75. The minimum absolute atomic E-state index is 0.0423. The van der Waals surface area contributed by atoms with E-state index in [1.54, 1.807) is 25.9 Å². The number of hydrogen-bond acceptors (Lipinski definition) is 5. The van der Waals surface area contributed by atoms with Gasteiger partial charge in [0.15, 0.2) is 5.57 Å². The molecule has 0 saturated carbocycles. The van der Waals surface area contributed by atoms with E-state index in [0.717, 1.165) is 0 Å². The Balaban J connectivity index is 3.10. The van der Waals surface area contributed by atoms with Crippen LogP contribution in [0.15, 0.2) is 11.3 Å². The lowest BCUT2D eigenvalue weighted by molar-refractivity contribution is -0.222. The largest absolute Gasteiger partial charge is 0.419 e. The molecule has 1 saturated heterocycles. The van der Waals surface area contributed by atoms with Crippen molar-refractivity contribution < 1.29 is 19.1 Å². The molecule has 0 aromatic rings. The van der Waals surface area contributed by atoms with Gasteiger partial charge in [-0.3, -0.25) is 0 Å². The Bertz CT molecular complexity index is 319. The second-order valence-electron chi connectivity index (χ2n) is 4.03. The summed E-state index contributed by atoms with van der Waals surface area (Å²) in [4.78, 5) is 24.8. The topological polar surface area (TPSA) is 55.8 Å². The zero-order valence-corrected chi connectivity index (χ0v) is 9.58. The average Bonchev–Trinajstić information content (AvgIpc) is 1.99. The Labute approximate surface area is 88.6 Å². The van der Waals surface area contributed by atoms with Crippen LogP contribution in [0.25, 0.3) is 0 Å². The van der Waals surface area contributed by atoms with E-state index >= 15 is 0 Å². The number of ether oxygens (including phenoxy) is 2. The lowest BCUT2D eigenvalue weighted by atomic mass is 10.1. The molecule has 1 heterocycles. The SMILES string of the molecule is CC(=C1C(=O)OC(C)(C)OC1=O)N(C)C. The minimum Gasteiger partial charge on any atom is -0.419 e. The third-order valence-corrected chi connectivity index (χ3v) is 2.12. The molecule has 84 valence electrons. The first-order chi connectivity index (χ1) is 6.74. The highest BCUT2D eigenvalue weighted by Crippen LogP contribution is 2.24. The highest BCUT2D eigenvalue weighted by molar-refractivity contribution is 6.15. The smallest absolute Gasteiger partial charge is 0.350 e. The van der Waals surface area contributed by atoms with E-state index in [2.05, 4.69) is 0 Å². The van der Waals surface area contributed by atoms with E-state index in [4.69, 9.17) is 9.47 Å². The normalized spacial score (nSPS) is 19.4. The molecular weight excluding hydrogens is 198 g/mol. The van der Waals surface area contributed by atoms with Crippen LogP contribution in [-0.2, 0) is 19.1 Å². The second-order valence-corrected chi connectivity index (χ2v) is 4.03. The average molecular weight is 213 g/mol. The number of esters is 2. The van der Waals surface area contributed by atoms with E-state index < -0.39 is 17.7 Å². The van der Waals surface area contributed by atoms with Crippen LogP contribution in [0.2, 0.25) is 0 Å². The van der Waals surface area contributed by atoms with Crippen LogP contribution in [0.5, 0.6) is 0 Å². The summed E-state index contributed by atoms with van der Waals surface area (Å²) in [5.74, 6) is -2.45. The van der Waals surface area contributed by atoms with Crippen molar-refractivity contribution in [3.8, 4) is 0 Å². The van der Waals surface area contributed by atoms with Gasteiger partial charge in [-0.25, -0.2) is 9.59 Å². The van der Waals surface area contributed by atoms with Gasteiger partial charge in [0, 0.05) is 33.6 Å². The fourth-order valence-corrected chi connectivity index (χ4v) is 1.17. The second kappa shape index (κ2) is 3.56. The van der Waals surface area contributed by atoms with Gasteiger partial charge in [0.1, 0.15) is 0 Å². The van der Waals surface area contributed by atoms with Crippen LogP contribution < -0.4 is 0 Å². The zero-order chi connectivity index (χ0) is 11.8. The van der Waals surface area contributed by atoms with Crippen molar-refractivity contribution in [1.82, 2.24) is 4.90 Å². The summed E-state index contributed by atoms with van der Waals surface area (Å²) in [6.07, 6.45) is 0. The molecule has 0 unspecified atom stereocenters. The van der Waals surface area contributed by atoms with Crippen LogP contribution in [-0.4, -0.2) is 36.7 Å². The lowest BCUT2D eigenvalue weighted by Gasteiger charge is -2.31. The standard InChI is InChI=1S/C10H15NO4/c1-6(11(4)5)7-8(12)14-10(2,3)15-9(7)13/h1-5H3. The number of allylic oxidation sites excluding steroid dienone is 1. The molecule has 1 fully saturated rings. The highest BCUT2D eigenvalue weighted by atomic mass is 16.7. The summed E-state index contributed by atoms with van der Waals surface area (Å²) in [7, 11) is 3.48. The van der Waals surface area contributed by atoms with E-state index in [-0.39, 0.29) is 5.57 Å². The fourth-order valence-electron chi connectivity index (χ4n) is 1.17. The quantitative estimate of drug-likeness (QED) is 0.364. The molecule has 5 heteroatoms. The first-order valence-electron chi connectivity index (χ1n) is 4.59. The third-order valence-electron chi connectivity index (χ3n) is 2.12. The van der Waals surface area contributed by atoms with Gasteiger partial charge >= 0.3 is 11.9 Å². The van der Waals surface area contributed by atoms with E-state index in [1.807, 2.05) is 0 Å². The molecule has 15 heavy (non-hydrogen) atoms. The van der Waals surface area contributed by atoms with Crippen LogP contribution in [0.4, 0.5) is 0 Å². The molecule has 0 aromatic carbocycles. The monoisotopic (exact) mass is 213 g/mol. The van der Waals surface area contributed by atoms with Crippen LogP contribution in [0, 0.1) is 0 Å². The Hall–Kier alpha value is -1.52. The van der Waals surface area contributed by atoms with Gasteiger partial charge in [-0.2, -0.15) is 0 Å². The van der Waals surface area contributed by atoms with E-state index in [9.17, 15) is 9.59 Å². The summed E-state index contributed by atoms with van der Waals surface area (Å²) >= 11 is 0. The van der Waals surface area contributed by atoms with Crippen LogP contribution >= 0.6 is 0 Å². The summed E-state index contributed by atoms with van der Waals surface area (Å²) in [5.41, 5.74) is 0.486. The number of rotatable bonds is 1. The summed E-state index contributed by atoms with van der Waals surface area (Å²) < 4.78 is 9.92. The van der Waals surface area contributed by atoms with Gasteiger partial charge in [-0.1, -0.05) is 0 Å². The maximum Gasteiger partial charge on any atom is 0.350 e. The van der Waals surface area contributed by atoms with Crippen LogP contribution in [0.3, 0.4) is 0 Å². The summed E-state index contributed by atoms with van der Waals surface area (Å²) in [6, 6.07) is 0. The lowest BCUT2D eigenvalue weighted by Crippen LogP contribution is -2.43. The van der Waals surface area contributed by atoms with Gasteiger partial charge in [-0.05, 0) is 6.92 Å². The molecule has 0 spiro atoms. The predicted molar refractivity (Wildman–Crippen MR) is 52.7 cm³/mol. The number of hydrogen-bond donors (Lipinski definition) is 0. The zero-order valence-electron chi connectivity index (χ0n) is 9.58. The third kappa shape index (κ3) is 2.29. The molecule has 0 radical (unpaired) electrons. The maximum absolute atomic E-state index is 11.6. The van der Waals surface area contributed by atoms with E-state index in [0.29, 0.717) is 5.70 Å². The van der Waals surface area contributed by atoms with Crippen molar-refractivity contribution in [3.05, 3.63) is 11.3 Å². The van der Waals surface area contributed by atoms with Gasteiger partial charge in [0.05, 0.1) is 0 Å². The highest BCUT2D eigenvalue weighted by Gasteiger charge is 2.40. The van der Waals surface area contributed by atoms with Crippen molar-refractivity contribution in [3.63, 3.8) is 0 Å². The first-order valence-corrected chi connectivity index (χ1v) is 4.59. The van der Waals surface area contributed by atoms with Gasteiger partial charge in [-0.15, -0.1) is 0 Å². The molecule has 0 aliphatic carbocycles. The molecule has 5 nitrogen and oxygen atoms in total. The molecule has 0 aromatic heterocycles. The number of carbonyl (C=O) groups excluding carboxylic acids is 2. The Morgan fingerprint density at radius 2 is 1.53 bits per heavy atom. The summed E-state index contributed by atoms with van der Waals surface area (Å²) in [5, 5.41) is 0.